The number of fused-ring (bicyclic) bond motifs is 1. The second-order valence-corrected chi connectivity index (χ2v) is 7.46. The number of hydrogen-bond acceptors (Lipinski definition) is 5. The topological polar surface area (TPSA) is 73.2 Å². The largest absolute Gasteiger partial charge is 0.497 e. The summed E-state index contributed by atoms with van der Waals surface area (Å²) >= 11 is 1.28. The van der Waals surface area contributed by atoms with Crippen molar-refractivity contribution in [2.45, 2.75) is 6.54 Å². The minimum Gasteiger partial charge on any atom is -0.497 e. The maximum absolute atomic E-state index is 13.3. The van der Waals surface area contributed by atoms with Crippen LogP contribution in [0.2, 0.25) is 0 Å². The molecule has 152 valence electrons. The van der Waals surface area contributed by atoms with Crippen molar-refractivity contribution in [1.82, 2.24) is 9.55 Å². The van der Waals surface area contributed by atoms with E-state index in [-0.39, 0.29) is 17.8 Å². The summed E-state index contributed by atoms with van der Waals surface area (Å²) in [6.45, 7) is -0.309. The second-order valence-electron chi connectivity index (χ2n) is 6.41. The average Bonchev–Trinajstić information content (AvgIpc) is 3.18. The highest BCUT2D eigenvalue weighted by Gasteiger charge is 2.13. The molecule has 0 aliphatic carbocycles. The molecule has 0 aliphatic rings. The van der Waals surface area contributed by atoms with Gasteiger partial charge in [0.25, 0.3) is 5.56 Å². The first kappa shape index (κ1) is 19.7. The third kappa shape index (κ3) is 3.92. The van der Waals surface area contributed by atoms with Gasteiger partial charge in [0.05, 0.1) is 19.0 Å². The van der Waals surface area contributed by atoms with Crippen LogP contribution >= 0.6 is 11.3 Å². The van der Waals surface area contributed by atoms with Gasteiger partial charge in [0.1, 0.15) is 17.0 Å². The zero-order valence-electron chi connectivity index (χ0n) is 15.7. The molecule has 0 saturated carbocycles. The van der Waals surface area contributed by atoms with Crippen molar-refractivity contribution in [3.05, 3.63) is 76.8 Å². The van der Waals surface area contributed by atoms with Gasteiger partial charge in [-0.1, -0.05) is 0 Å². The van der Waals surface area contributed by atoms with Crippen LogP contribution in [-0.2, 0) is 11.3 Å². The van der Waals surface area contributed by atoms with Gasteiger partial charge in [-0.2, -0.15) is 0 Å². The Balaban J connectivity index is 1.57. The number of nitrogens with one attached hydrogen (secondary N) is 1. The van der Waals surface area contributed by atoms with E-state index in [1.54, 1.807) is 7.11 Å². The van der Waals surface area contributed by atoms with Crippen LogP contribution in [0.15, 0.2) is 59.7 Å². The molecular weight excluding hydrogens is 412 g/mol. The molecule has 0 radical (unpaired) electrons. The quantitative estimate of drug-likeness (QED) is 0.522. The van der Waals surface area contributed by atoms with Gasteiger partial charge in [-0.05, 0) is 48.0 Å². The first-order valence-corrected chi connectivity index (χ1v) is 9.64. The summed E-state index contributed by atoms with van der Waals surface area (Å²) in [5.41, 5.74) is 1.19. The lowest BCUT2D eigenvalue weighted by molar-refractivity contribution is -0.116. The van der Waals surface area contributed by atoms with Crippen LogP contribution in [0.1, 0.15) is 0 Å². The number of aromatic nitrogens is 2. The Labute approximate surface area is 173 Å². The fourth-order valence-corrected chi connectivity index (χ4v) is 3.95. The zero-order valence-corrected chi connectivity index (χ0v) is 16.5. The van der Waals surface area contributed by atoms with E-state index in [0.717, 1.165) is 28.3 Å². The summed E-state index contributed by atoms with van der Waals surface area (Å²) < 4.78 is 33.0. The van der Waals surface area contributed by atoms with Crippen molar-refractivity contribution in [2.75, 3.05) is 12.4 Å². The maximum atomic E-state index is 13.3. The SMILES string of the molecule is COc1ccc(-c2cc3ncn(CC(=O)Nc4ccc(F)c(F)c4)c(=O)c3s2)cc1. The van der Waals surface area contributed by atoms with Gasteiger partial charge >= 0.3 is 0 Å². The molecule has 0 atom stereocenters. The number of amides is 1. The predicted molar refractivity (Wildman–Crippen MR) is 111 cm³/mol. The monoisotopic (exact) mass is 427 g/mol. The minimum atomic E-state index is -1.07. The van der Waals surface area contributed by atoms with Crippen molar-refractivity contribution in [3.8, 4) is 16.2 Å². The van der Waals surface area contributed by atoms with E-state index in [0.29, 0.717) is 10.2 Å². The van der Waals surface area contributed by atoms with Crippen LogP contribution in [0, 0.1) is 11.6 Å². The first-order chi connectivity index (χ1) is 14.4. The molecule has 9 heteroatoms. The average molecular weight is 427 g/mol. The van der Waals surface area contributed by atoms with E-state index in [1.807, 2.05) is 30.3 Å². The fourth-order valence-electron chi connectivity index (χ4n) is 2.88. The summed E-state index contributed by atoms with van der Waals surface area (Å²) in [7, 11) is 1.59. The van der Waals surface area contributed by atoms with E-state index in [2.05, 4.69) is 10.3 Å². The highest BCUT2D eigenvalue weighted by atomic mass is 32.1. The molecule has 0 aliphatic heterocycles. The molecule has 4 aromatic rings. The van der Waals surface area contributed by atoms with Gasteiger partial charge < -0.3 is 10.1 Å². The van der Waals surface area contributed by atoms with Gasteiger partial charge in [0, 0.05) is 16.6 Å². The van der Waals surface area contributed by atoms with Crippen molar-refractivity contribution in [3.63, 3.8) is 0 Å². The summed E-state index contributed by atoms with van der Waals surface area (Å²) in [5, 5.41) is 2.43. The van der Waals surface area contributed by atoms with E-state index in [4.69, 9.17) is 4.74 Å². The van der Waals surface area contributed by atoms with Crippen LogP contribution < -0.4 is 15.6 Å². The standard InChI is InChI=1S/C21H15F2N3O3S/c1-29-14-5-2-12(3-6-14)18-9-17-20(30-18)21(28)26(11-24-17)10-19(27)25-13-4-7-15(22)16(23)8-13/h2-9,11H,10H2,1H3,(H,25,27). The Morgan fingerprint density at radius 1 is 1.13 bits per heavy atom. The first-order valence-electron chi connectivity index (χ1n) is 8.83. The van der Waals surface area contributed by atoms with Crippen molar-refractivity contribution < 1.29 is 18.3 Å². The molecule has 30 heavy (non-hydrogen) atoms. The number of rotatable bonds is 5. The highest BCUT2D eigenvalue weighted by Crippen LogP contribution is 2.31. The van der Waals surface area contributed by atoms with Gasteiger partial charge in [-0.3, -0.25) is 14.2 Å². The molecule has 0 fully saturated rings. The summed E-state index contributed by atoms with van der Waals surface area (Å²) in [5.74, 6) is -1.91. The predicted octanol–water partition coefficient (Wildman–Crippen LogP) is 4.05. The van der Waals surface area contributed by atoms with Crippen LogP contribution in [0.4, 0.5) is 14.5 Å². The van der Waals surface area contributed by atoms with Gasteiger partial charge in [-0.25, -0.2) is 13.8 Å². The number of carbonyl (C=O) groups excluding carboxylic acids is 1. The molecule has 1 N–H and O–H groups in total. The number of nitrogens with zero attached hydrogens (tertiary/aromatic N) is 2. The van der Waals surface area contributed by atoms with Crippen molar-refractivity contribution in [1.29, 1.82) is 0 Å². The number of ether oxygens (including phenoxy) is 1. The Hall–Kier alpha value is -3.59. The Morgan fingerprint density at radius 2 is 1.90 bits per heavy atom. The highest BCUT2D eigenvalue weighted by molar-refractivity contribution is 7.22. The normalized spacial score (nSPS) is 10.9. The van der Waals surface area contributed by atoms with Crippen LogP contribution in [0.25, 0.3) is 20.7 Å². The molecule has 1 amide bonds. The van der Waals surface area contributed by atoms with Gasteiger partial charge in [-0.15, -0.1) is 11.3 Å². The second kappa shape index (κ2) is 8.03. The number of hydrogen-bond donors (Lipinski definition) is 1. The third-order valence-corrected chi connectivity index (χ3v) is 5.56. The number of anilines is 1. The molecule has 0 spiro atoms. The summed E-state index contributed by atoms with van der Waals surface area (Å²) in [4.78, 5) is 30.1. The smallest absolute Gasteiger partial charge is 0.271 e. The number of methoxy groups -OCH3 is 1. The minimum absolute atomic E-state index is 0.0962. The zero-order chi connectivity index (χ0) is 21.3. The number of carbonyl (C=O) groups is 1. The molecular formula is C21H15F2N3O3S. The lowest BCUT2D eigenvalue weighted by Crippen LogP contribution is -2.27. The van der Waals surface area contributed by atoms with Crippen LogP contribution in [0.5, 0.6) is 5.75 Å². The van der Waals surface area contributed by atoms with Crippen LogP contribution in [-0.4, -0.2) is 22.6 Å². The molecule has 6 nitrogen and oxygen atoms in total. The molecule has 2 aromatic carbocycles. The number of benzene rings is 2. The fraction of sp³-hybridized carbons (Fsp3) is 0.0952. The number of thiophene rings is 1. The Kier molecular flexibility index (Phi) is 5.28. The van der Waals surface area contributed by atoms with Crippen molar-refractivity contribution >= 4 is 33.1 Å². The molecule has 2 aromatic heterocycles. The molecule has 0 unspecified atom stereocenters. The van der Waals surface area contributed by atoms with Crippen LogP contribution in [0.3, 0.4) is 0 Å². The summed E-state index contributed by atoms with van der Waals surface area (Å²) in [6, 6.07) is 12.3. The summed E-state index contributed by atoms with van der Waals surface area (Å²) in [6.07, 6.45) is 1.29. The lowest BCUT2D eigenvalue weighted by atomic mass is 10.2. The Bertz CT molecular complexity index is 1300. The van der Waals surface area contributed by atoms with Crippen molar-refractivity contribution in [2.24, 2.45) is 0 Å². The third-order valence-electron chi connectivity index (χ3n) is 4.40. The van der Waals surface area contributed by atoms with E-state index in [9.17, 15) is 18.4 Å². The number of halogens is 2. The van der Waals surface area contributed by atoms with Gasteiger partial charge in [0.2, 0.25) is 5.91 Å². The molecule has 4 rings (SSSR count). The Morgan fingerprint density at radius 3 is 2.60 bits per heavy atom. The van der Waals surface area contributed by atoms with Gasteiger partial charge in [0.15, 0.2) is 11.6 Å². The molecule has 0 bridgehead atoms. The van der Waals surface area contributed by atoms with E-state index >= 15 is 0 Å². The lowest BCUT2D eigenvalue weighted by Gasteiger charge is -2.07. The van der Waals surface area contributed by atoms with E-state index < -0.39 is 17.5 Å². The molecule has 0 saturated heterocycles. The maximum Gasteiger partial charge on any atom is 0.271 e. The molecule has 2 heterocycles. The van der Waals surface area contributed by atoms with E-state index in [1.165, 1.54) is 28.3 Å².